The molecule has 1 heterocycles. The maximum absolute atomic E-state index is 5.97. The molecule has 4 nitrogen and oxygen atoms in total. The summed E-state index contributed by atoms with van der Waals surface area (Å²) in [6.45, 7) is 2.86. The van der Waals surface area contributed by atoms with Crippen LogP contribution in [0.4, 0.5) is 5.82 Å². The van der Waals surface area contributed by atoms with Crippen molar-refractivity contribution in [2.24, 2.45) is 11.7 Å². The molecule has 1 aliphatic rings. The molecule has 0 spiro atoms. The Kier molecular flexibility index (Phi) is 3.84. The van der Waals surface area contributed by atoms with Crippen LogP contribution in [-0.2, 0) is 0 Å². The van der Waals surface area contributed by atoms with Gasteiger partial charge in [0.15, 0.2) is 0 Å². The minimum atomic E-state index is -0.0579. The van der Waals surface area contributed by atoms with Crippen LogP contribution in [0.15, 0.2) is 12.4 Å². The molecular formula is C12H19ClN4. The van der Waals surface area contributed by atoms with Gasteiger partial charge in [-0.25, -0.2) is 4.98 Å². The fraction of sp³-hybridized carbons (Fsp3) is 0.667. The Morgan fingerprint density at radius 1 is 1.53 bits per heavy atom. The van der Waals surface area contributed by atoms with Crippen LogP contribution >= 0.6 is 11.6 Å². The molecule has 0 bridgehead atoms. The standard InChI is InChI=1S/C12H19ClN4/c1-9-4-2-3-5-12(9,8-14)17-11-7-15-6-10(13)16-11/h6-7,9H,2-5,8,14H2,1H3,(H,16,17). The van der Waals surface area contributed by atoms with Crippen LogP contribution in [0.25, 0.3) is 0 Å². The van der Waals surface area contributed by atoms with Crippen LogP contribution in [-0.4, -0.2) is 22.1 Å². The molecule has 1 aromatic rings. The number of hydrogen-bond acceptors (Lipinski definition) is 4. The van der Waals surface area contributed by atoms with E-state index in [9.17, 15) is 0 Å². The Hall–Kier alpha value is -0.870. The Bertz CT molecular complexity index is 385. The van der Waals surface area contributed by atoms with Crippen molar-refractivity contribution in [1.82, 2.24) is 9.97 Å². The minimum Gasteiger partial charge on any atom is -0.362 e. The Labute approximate surface area is 107 Å². The third-order valence-electron chi connectivity index (χ3n) is 3.80. The van der Waals surface area contributed by atoms with E-state index < -0.39 is 0 Å². The summed E-state index contributed by atoms with van der Waals surface area (Å²) in [5.41, 5.74) is 5.91. The van der Waals surface area contributed by atoms with Crippen molar-refractivity contribution in [1.29, 1.82) is 0 Å². The van der Waals surface area contributed by atoms with E-state index in [1.807, 2.05) is 0 Å². The fourth-order valence-corrected chi connectivity index (χ4v) is 2.76. The van der Waals surface area contributed by atoms with E-state index in [4.69, 9.17) is 17.3 Å². The molecule has 0 saturated heterocycles. The molecule has 2 rings (SSSR count). The van der Waals surface area contributed by atoms with Crippen LogP contribution in [0.5, 0.6) is 0 Å². The first-order chi connectivity index (χ1) is 8.16. The Morgan fingerprint density at radius 2 is 2.35 bits per heavy atom. The van der Waals surface area contributed by atoms with E-state index in [-0.39, 0.29) is 5.54 Å². The second-order valence-electron chi connectivity index (χ2n) is 4.86. The van der Waals surface area contributed by atoms with E-state index >= 15 is 0 Å². The molecule has 0 radical (unpaired) electrons. The number of anilines is 1. The molecule has 3 N–H and O–H groups in total. The lowest BCUT2D eigenvalue weighted by Crippen LogP contribution is -2.52. The summed E-state index contributed by atoms with van der Waals surface area (Å²) in [6, 6.07) is 0. The van der Waals surface area contributed by atoms with Gasteiger partial charge in [0.2, 0.25) is 0 Å². The van der Waals surface area contributed by atoms with Crippen molar-refractivity contribution in [3.63, 3.8) is 0 Å². The molecule has 1 aliphatic carbocycles. The third-order valence-corrected chi connectivity index (χ3v) is 3.98. The van der Waals surface area contributed by atoms with Gasteiger partial charge in [-0.1, -0.05) is 31.4 Å². The highest BCUT2D eigenvalue weighted by Crippen LogP contribution is 2.35. The normalized spacial score (nSPS) is 29.0. The van der Waals surface area contributed by atoms with Gasteiger partial charge in [0, 0.05) is 6.54 Å². The Balaban J connectivity index is 2.18. The van der Waals surface area contributed by atoms with Gasteiger partial charge in [0.05, 0.1) is 17.9 Å². The van der Waals surface area contributed by atoms with Crippen LogP contribution in [0.2, 0.25) is 5.15 Å². The predicted octanol–water partition coefficient (Wildman–Crippen LogP) is 2.45. The van der Waals surface area contributed by atoms with Crippen molar-refractivity contribution >= 4 is 17.4 Å². The van der Waals surface area contributed by atoms with Crippen molar-refractivity contribution in [2.75, 3.05) is 11.9 Å². The van der Waals surface area contributed by atoms with Gasteiger partial charge in [-0.3, -0.25) is 4.98 Å². The zero-order valence-corrected chi connectivity index (χ0v) is 10.9. The molecule has 2 atom stereocenters. The maximum Gasteiger partial charge on any atom is 0.149 e. The van der Waals surface area contributed by atoms with Crippen molar-refractivity contribution in [2.45, 2.75) is 38.1 Å². The topological polar surface area (TPSA) is 63.8 Å². The van der Waals surface area contributed by atoms with Crippen molar-refractivity contribution < 1.29 is 0 Å². The van der Waals surface area contributed by atoms with Gasteiger partial charge >= 0.3 is 0 Å². The monoisotopic (exact) mass is 254 g/mol. The predicted molar refractivity (Wildman–Crippen MR) is 70.1 cm³/mol. The summed E-state index contributed by atoms with van der Waals surface area (Å²) in [4.78, 5) is 8.27. The van der Waals surface area contributed by atoms with Gasteiger partial charge in [-0.15, -0.1) is 0 Å². The average molecular weight is 255 g/mol. The van der Waals surface area contributed by atoms with E-state index in [1.54, 1.807) is 6.20 Å². The highest BCUT2D eigenvalue weighted by atomic mass is 35.5. The number of nitrogens with zero attached hydrogens (tertiary/aromatic N) is 2. The number of hydrogen-bond donors (Lipinski definition) is 2. The molecule has 17 heavy (non-hydrogen) atoms. The number of aromatic nitrogens is 2. The molecule has 0 amide bonds. The number of nitrogens with two attached hydrogens (primary N) is 1. The number of nitrogens with one attached hydrogen (secondary N) is 1. The fourth-order valence-electron chi connectivity index (χ4n) is 2.61. The smallest absolute Gasteiger partial charge is 0.149 e. The second kappa shape index (κ2) is 5.19. The summed E-state index contributed by atoms with van der Waals surface area (Å²) in [6.07, 6.45) is 8.02. The average Bonchev–Trinajstić information content (AvgIpc) is 2.32. The quantitative estimate of drug-likeness (QED) is 0.870. The van der Waals surface area contributed by atoms with E-state index in [1.165, 1.54) is 25.5 Å². The maximum atomic E-state index is 5.97. The molecule has 1 fully saturated rings. The summed E-state index contributed by atoms with van der Waals surface area (Å²) in [5, 5.41) is 3.86. The van der Waals surface area contributed by atoms with E-state index in [2.05, 4.69) is 22.2 Å². The van der Waals surface area contributed by atoms with Crippen LogP contribution in [0.3, 0.4) is 0 Å². The summed E-state index contributed by atoms with van der Waals surface area (Å²) in [7, 11) is 0. The SMILES string of the molecule is CC1CCCCC1(CN)Nc1cncc(Cl)n1. The first-order valence-electron chi connectivity index (χ1n) is 6.12. The molecular weight excluding hydrogens is 236 g/mol. The van der Waals surface area contributed by atoms with Gasteiger partial charge in [0.1, 0.15) is 11.0 Å². The zero-order chi connectivity index (χ0) is 12.3. The highest BCUT2D eigenvalue weighted by molar-refractivity contribution is 6.29. The minimum absolute atomic E-state index is 0.0579. The third kappa shape index (κ3) is 2.69. The zero-order valence-electron chi connectivity index (χ0n) is 10.1. The molecule has 0 aliphatic heterocycles. The Morgan fingerprint density at radius 3 is 3.00 bits per heavy atom. The highest BCUT2D eigenvalue weighted by Gasteiger charge is 2.37. The van der Waals surface area contributed by atoms with E-state index in [0.717, 1.165) is 12.2 Å². The van der Waals surface area contributed by atoms with Crippen molar-refractivity contribution in [3.8, 4) is 0 Å². The largest absolute Gasteiger partial charge is 0.362 e. The molecule has 2 unspecified atom stereocenters. The molecule has 1 saturated carbocycles. The van der Waals surface area contributed by atoms with Gasteiger partial charge in [0.25, 0.3) is 0 Å². The molecule has 0 aromatic carbocycles. The van der Waals surface area contributed by atoms with Crippen LogP contribution < -0.4 is 11.1 Å². The number of halogens is 1. The lowest BCUT2D eigenvalue weighted by molar-refractivity contribution is 0.235. The van der Waals surface area contributed by atoms with Crippen LogP contribution in [0, 0.1) is 5.92 Å². The van der Waals surface area contributed by atoms with Crippen molar-refractivity contribution in [3.05, 3.63) is 17.5 Å². The van der Waals surface area contributed by atoms with Crippen LogP contribution in [0.1, 0.15) is 32.6 Å². The van der Waals surface area contributed by atoms with Gasteiger partial charge in [-0.2, -0.15) is 0 Å². The summed E-state index contributed by atoms with van der Waals surface area (Å²) >= 11 is 5.84. The van der Waals surface area contributed by atoms with E-state index in [0.29, 0.717) is 17.6 Å². The lowest BCUT2D eigenvalue weighted by Gasteiger charge is -2.43. The first kappa shape index (κ1) is 12.6. The molecule has 1 aromatic heterocycles. The van der Waals surface area contributed by atoms with Gasteiger partial charge in [-0.05, 0) is 18.8 Å². The van der Waals surface area contributed by atoms with Gasteiger partial charge < -0.3 is 11.1 Å². The number of rotatable bonds is 3. The first-order valence-corrected chi connectivity index (χ1v) is 6.50. The summed E-state index contributed by atoms with van der Waals surface area (Å²) < 4.78 is 0. The lowest BCUT2D eigenvalue weighted by atomic mass is 9.73. The molecule has 94 valence electrons. The second-order valence-corrected chi connectivity index (χ2v) is 5.25. The molecule has 5 heteroatoms. The summed E-state index contributed by atoms with van der Waals surface area (Å²) in [5.74, 6) is 1.26.